The molecule has 1 aromatic heterocycles. The first-order chi connectivity index (χ1) is 9.35. The zero-order valence-electron chi connectivity index (χ0n) is 13.5. The van der Waals surface area contributed by atoms with Crippen molar-refractivity contribution in [3.63, 3.8) is 0 Å². The number of nitrogens with zero attached hydrogens (tertiary/aromatic N) is 4. The van der Waals surface area contributed by atoms with E-state index in [1.54, 1.807) is 0 Å². The van der Waals surface area contributed by atoms with Gasteiger partial charge in [0.15, 0.2) is 5.82 Å². The highest BCUT2D eigenvalue weighted by Crippen LogP contribution is 2.22. The molecular weight excluding hydrogens is 252 g/mol. The summed E-state index contributed by atoms with van der Waals surface area (Å²) in [6, 6.07) is 0.223. The molecule has 0 N–H and O–H groups in total. The summed E-state index contributed by atoms with van der Waals surface area (Å²) in [6.07, 6.45) is 1.26. The van der Waals surface area contributed by atoms with Crippen LogP contribution in [0.25, 0.3) is 0 Å². The second kappa shape index (κ2) is 6.22. The van der Waals surface area contributed by atoms with Crippen molar-refractivity contribution in [2.75, 3.05) is 32.7 Å². The minimum Gasteiger partial charge on any atom is -0.338 e. The second-order valence-electron chi connectivity index (χ2n) is 7.04. The van der Waals surface area contributed by atoms with Crippen LogP contribution in [0.3, 0.4) is 0 Å². The van der Waals surface area contributed by atoms with Crippen molar-refractivity contribution in [3.8, 4) is 0 Å². The fourth-order valence-electron chi connectivity index (χ4n) is 2.51. The molecule has 1 atom stereocenters. The number of hydrogen-bond acceptors (Lipinski definition) is 5. The van der Waals surface area contributed by atoms with E-state index in [4.69, 9.17) is 4.52 Å². The molecule has 0 aromatic carbocycles. The summed E-state index contributed by atoms with van der Waals surface area (Å²) in [6.45, 7) is 16.6. The number of rotatable bonds is 4. The maximum absolute atomic E-state index is 5.28. The molecule has 2 heterocycles. The van der Waals surface area contributed by atoms with Gasteiger partial charge in [-0.2, -0.15) is 4.98 Å². The van der Waals surface area contributed by atoms with Gasteiger partial charge in [-0.05, 0) is 32.2 Å². The minimum atomic E-state index is 0.223. The zero-order chi connectivity index (χ0) is 14.8. The van der Waals surface area contributed by atoms with Gasteiger partial charge in [-0.1, -0.05) is 25.9 Å². The van der Waals surface area contributed by atoms with E-state index in [-0.39, 0.29) is 6.04 Å². The predicted molar refractivity (Wildman–Crippen MR) is 79.5 cm³/mol. The highest BCUT2D eigenvalue weighted by Gasteiger charge is 2.25. The molecule has 20 heavy (non-hydrogen) atoms. The smallest absolute Gasteiger partial charge is 0.243 e. The third kappa shape index (κ3) is 4.28. The molecule has 114 valence electrons. The lowest BCUT2D eigenvalue weighted by Gasteiger charge is -2.37. The van der Waals surface area contributed by atoms with Gasteiger partial charge in [0.25, 0.3) is 0 Å². The van der Waals surface area contributed by atoms with Gasteiger partial charge in [-0.15, -0.1) is 0 Å². The van der Waals surface area contributed by atoms with Crippen LogP contribution >= 0.6 is 0 Å². The van der Waals surface area contributed by atoms with Gasteiger partial charge in [0.05, 0.1) is 6.04 Å². The lowest BCUT2D eigenvalue weighted by molar-refractivity contribution is 0.0821. The van der Waals surface area contributed by atoms with Crippen LogP contribution in [0.4, 0.5) is 0 Å². The average molecular weight is 280 g/mol. The number of hydrogen-bond donors (Lipinski definition) is 0. The molecule has 0 aliphatic carbocycles. The Morgan fingerprint density at radius 2 is 1.85 bits per heavy atom. The highest BCUT2D eigenvalue weighted by atomic mass is 16.5. The van der Waals surface area contributed by atoms with E-state index in [2.05, 4.69) is 47.6 Å². The Labute approximate surface area is 122 Å². The van der Waals surface area contributed by atoms with Crippen LogP contribution in [0.2, 0.25) is 0 Å². The monoisotopic (exact) mass is 280 g/mol. The Morgan fingerprint density at radius 3 is 2.35 bits per heavy atom. The van der Waals surface area contributed by atoms with Crippen LogP contribution in [-0.4, -0.2) is 52.7 Å². The molecule has 1 aliphatic heterocycles. The largest absolute Gasteiger partial charge is 0.338 e. The van der Waals surface area contributed by atoms with Crippen LogP contribution in [0.5, 0.6) is 0 Å². The molecule has 5 heteroatoms. The summed E-state index contributed by atoms with van der Waals surface area (Å²) in [5, 5.41) is 3.88. The van der Waals surface area contributed by atoms with Crippen LogP contribution in [0, 0.1) is 12.3 Å². The van der Waals surface area contributed by atoms with Crippen LogP contribution in [-0.2, 0) is 0 Å². The van der Waals surface area contributed by atoms with E-state index in [1.165, 1.54) is 13.0 Å². The Kier molecular flexibility index (Phi) is 4.81. The van der Waals surface area contributed by atoms with Crippen molar-refractivity contribution in [1.29, 1.82) is 0 Å². The minimum absolute atomic E-state index is 0.223. The topological polar surface area (TPSA) is 45.4 Å². The van der Waals surface area contributed by atoms with Crippen LogP contribution < -0.4 is 0 Å². The molecule has 0 spiro atoms. The molecule has 1 fully saturated rings. The van der Waals surface area contributed by atoms with Gasteiger partial charge in [-0.3, -0.25) is 4.90 Å². The molecule has 0 bridgehead atoms. The second-order valence-corrected chi connectivity index (χ2v) is 7.04. The maximum atomic E-state index is 5.28. The van der Waals surface area contributed by atoms with E-state index in [1.807, 2.05) is 6.92 Å². The molecule has 0 amide bonds. The molecule has 5 nitrogen and oxygen atoms in total. The SMILES string of the molecule is Cc1noc(C(C)N2CCN(CCC(C)(C)C)CC2)n1. The van der Waals surface area contributed by atoms with Crippen molar-refractivity contribution in [2.45, 2.75) is 47.1 Å². The van der Waals surface area contributed by atoms with E-state index >= 15 is 0 Å². The van der Waals surface area contributed by atoms with Gasteiger partial charge in [0.2, 0.25) is 5.89 Å². The summed E-state index contributed by atoms with van der Waals surface area (Å²) in [5.74, 6) is 1.46. The van der Waals surface area contributed by atoms with Crippen LogP contribution in [0.1, 0.15) is 51.9 Å². The van der Waals surface area contributed by atoms with Crippen molar-refractivity contribution in [2.24, 2.45) is 5.41 Å². The van der Waals surface area contributed by atoms with Gasteiger partial charge >= 0.3 is 0 Å². The predicted octanol–water partition coefficient (Wildman–Crippen LogP) is 2.49. The summed E-state index contributed by atoms with van der Waals surface area (Å²) in [7, 11) is 0. The van der Waals surface area contributed by atoms with E-state index in [9.17, 15) is 0 Å². The number of aryl methyl sites for hydroxylation is 1. The Morgan fingerprint density at radius 1 is 1.20 bits per heavy atom. The Hall–Kier alpha value is -0.940. The molecule has 2 rings (SSSR count). The first-order valence-corrected chi connectivity index (χ1v) is 7.62. The molecule has 0 saturated carbocycles. The highest BCUT2D eigenvalue weighted by molar-refractivity contribution is 4.92. The van der Waals surface area contributed by atoms with Gasteiger partial charge in [0.1, 0.15) is 0 Å². The van der Waals surface area contributed by atoms with E-state index in [0.717, 1.165) is 37.9 Å². The summed E-state index contributed by atoms with van der Waals surface area (Å²) in [5.41, 5.74) is 0.422. The Bertz CT molecular complexity index is 416. The Balaban J connectivity index is 1.79. The van der Waals surface area contributed by atoms with Crippen molar-refractivity contribution < 1.29 is 4.52 Å². The molecule has 1 saturated heterocycles. The normalized spacial score (nSPS) is 20.2. The van der Waals surface area contributed by atoms with Gasteiger partial charge < -0.3 is 9.42 Å². The number of piperazine rings is 1. The van der Waals surface area contributed by atoms with E-state index < -0.39 is 0 Å². The summed E-state index contributed by atoms with van der Waals surface area (Å²) in [4.78, 5) is 9.33. The fraction of sp³-hybridized carbons (Fsp3) is 0.867. The molecule has 1 aliphatic rings. The average Bonchev–Trinajstić information content (AvgIpc) is 2.82. The van der Waals surface area contributed by atoms with Crippen molar-refractivity contribution in [3.05, 3.63) is 11.7 Å². The van der Waals surface area contributed by atoms with Crippen molar-refractivity contribution >= 4 is 0 Å². The van der Waals surface area contributed by atoms with Crippen molar-refractivity contribution in [1.82, 2.24) is 19.9 Å². The quantitative estimate of drug-likeness (QED) is 0.848. The molecule has 1 aromatic rings. The molecule has 1 unspecified atom stereocenters. The summed E-state index contributed by atoms with van der Waals surface area (Å²) >= 11 is 0. The third-order valence-corrected chi connectivity index (χ3v) is 4.03. The lowest BCUT2D eigenvalue weighted by atomic mass is 9.92. The maximum Gasteiger partial charge on any atom is 0.243 e. The van der Waals surface area contributed by atoms with Crippen LogP contribution in [0.15, 0.2) is 4.52 Å². The van der Waals surface area contributed by atoms with Gasteiger partial charge in [0, 0.05) is 26.2 Å². The molecular formula is C15H28N4O. The van der Waals surface area contributed by atoms with E-state index in [0.29, 0.717) is 5.41 Å². The first-order valence-electron chi connectivity index (χ1n) is 7.62. The fourth-order valence-corrected chi connectivity index (χ4v) is 2.51. The van der Waals surface area contributed by atoms with Gasteiger partial charge in [-0.25, -0.2) is 0 Å². The summed E-state index contributed by atoms with van der Waals surface area (Å²) < 4.78 is 5.28. The first kappa shape index (κ1) is 15.4. The lowest BCUT2D eigenvalue weighted by Crippen LogP contribution is -2.47. The zero-order valence-corrected chi connectivity index (χ0v) is 13.5. The molecule has 0 radical (unpaired) electrons. The number of aromatic nitrogens is 2. The third-order valence-electron chi connectivity index (χ3n) is 4.03. The standard InChI is InChI=1S/C15H28N4O/c1-12(14-16-13(2)17-20-14)19-10-8-18(9-11-19)7-6-15(3,4)5/h12H,6-11H2,1-5H3.